The predicted molar refractivity (Wildman–Crippen MR) is 65.9 cm³/mol. The van der Waals surface area contributed by atoms with Gasteiger partial charge < -0.3 is 5.32 Å². The Hall–Kier alpha value is -1.19. The second-order valence-corrected chi connectivity index (χ2v) is 5.24. The monoisotopic (exact) mass is 257 g/mol. The number of anilines is 1. The zero-order valence-corrected chi connectivity index (χ0v) is 10.5. The van der Waals surface area contributed by atoms with Crippen LogP contribution < -0.4 is 5.32 Å². The third kappa shape index (κ3) is 2.98. The van der Waals surface area contributed by atoms with E-state index in [9.17, 15) is 13.2 Å². The highest BCUT2D eigenvalue weighted by atomic mass is 19.2. The van der Waals surface area contributed by atoms with Gasteiger partial charge >= 0.3 is 0 Å². The van der Waals surface area contributed by atoms with Crippen molar-refractivity contribution in [2.45, 2.75) is 32.6 Å². The maximum absolute atomic E-state index is 13.4. The Morgan fingerprint density at radius 3 is 2.67 bits per heavy atom. The predicted octanol–water partition coefficient (Wildman–Crippen LogP) is 4.34. The van der Waals surface area contributed by atoms with Crippen molar-refractivity contribution < 1.29 is 13.2 Å². The van der Waals surface area contributed by atoms with Gasteiger partial charge in [-0.2, -0.15) is 0 Å². The van der Waals surface area contributed by atoms with Gasteiger partial charge in [-0.25, -0.2) is 13.2 Å². The molecule has 2 rings (SSSR count). The third-order valence-corrected chi connectivity index (χ3v) is 3.66. The first kappa shape index (κ1) is 13.2. The highest BCUT2D eigenvalue weighted by Crippen LogP contribution is 2.29. The van der Waals surface area contributed by atoms with E-state index in [0.717, 1.165) is 18.9 Å². The molecule has 0 amide bonds. The molecule has 100 valence electrons. The fourth-order valence-electron chi connectivity index (χ4n) is 2.66. The van der Waals surface area contributed by atoms with E-state index in [0.29, 0.717) is 18.4 Å². The van der Waals surface area contributed by atoms with Crippen molar-refractivity contribution >= 4 is 5.69 Å². The van der Waals surface area contributed by atoms with Gasteiger partial charge in [0.15, 0.2) is 17.5 Å². The summed E-state index contributed by atoms with van der Waals surface area (Å²) in [6.07, 6.45) is 4.66. The van der Waals surface area contributed by atoms with Crippen molar-refractivity contribution in [3.8, 4) is 0 Å². The fraction of sp³-hybridized carbons (Fsp3) is 0.571. The molecule has 1 aromatic carbocycles. The lowest BCUT2D eigenvalue weighted by Crippen LogP contribution is -2.21. The molecule has 1 aliphatic rings. The molecule has 0 aliphatic heterocycles. The molecule has 1 saturated carbocycles. The van der Waals surface area contributed by atoms with Crippen molar-refractivity contribution in [2.24, 2.45) is 11.8 Å². The van der Waals surface area contributed by atoms with Crippen molar-refractivity contribution in [1.29, 1.82) is 0 Å². The van der Waals surface area contributed by atoms with E-state index in [1.807, 2.05) is 0 Å². The van der Waals surface area contributed by atoms with E-state index in [4.69, 9.17) is 0 Å². The van der Waals surface area contributed by atoms with Gasteiger partial charge in [0.05, 0.1) is 5.69 Å². The Bertz CT molecular complexity index is 420. The van der Waals surface area contributed by atoms with Gasteiger partial charge in [0, 0.05) is 6.54 Å². The standard InChI is InChI=1S/C14H18F3N/c1-9-3-2-4-10(7-9)8-18-12-6-5-11(15)13(16)14(12)17/h5-6,9-10,18H,2-4,7-8H2,1H3. The maximum Gasteiger partial charge on any atom is 0.196 e. The van der Waals surface area contributed by atoms with Crippen molar-refractivity contribution in [1.82, 2.24) is 0 Å². The molecule has 1 nitrogen and oxygen atoms in total. The van der Waals surface area contributed by atoms with Gasteiger partial charge in [-0.1, -0.05) is 19.8 Å². The van der Waals surface area contributed by atoms with Gasteiger partial charge in [-0.05, 0) is 36.8 Å². The number of benzene rings is 1. The summed E-state index contributed by atoms with van der Waals surface area (Å²) < 4.78 is 39.2. The van der Waals surface area contributed by atoms with Gasteiger partial charge in [0.2, 0.25) is 0 Å². The molecule has 18 heavy (non-hydrogen) atoms. The van der Waals surface area contributed by atoms with Gasteiger partial charge in [-0.3, -0.25) is 0 Å². The zero-order chi connectivity index (χ0) is 13.1. The van der Waals surface area contributed by atoms with E-state index < -0.39 is 17.5 Å². The Kier molecular flexibility index (Phi) is 4.15. The van der Waals surface area contributed by atoms with Crippen LogP contribution in [0.15, 0.2) is 12.1 Å². The summed E-state index contributed by atoms with van der Waals surface area (Å²) in [4.78, 5) is 0. The van der Waals surface area contributed by atoms with Crippen LogP contribution in [0.1, 0.15) is 32.6 Å². The van der Waals surface area contributed by atoms with Crippen molar-refractivity contribution in [3.05, 3.63) is 29.6 Å². The molecule has 0 heterocycles. The minimum Gasteiger partial charge on any atom is -0.382 e. The molecule has 1 fully saturated rings. The van der Waals surface area contributed by atoms with Crippen molar-refractivity contribution in [3.63, 3.8) is 0 Å². The van der Waals surface area contributed by atoms with Crippen molar-refractivity contribution in [2.75, 3.05) is 11.9 Å². The van der Waals surface area contributed by atoms with Crippen LogP contribution >= 0.6 is 0 Å². The highest BCUT2D eigenvalue weighted by molar-refractivity contribution is 5.45. The number of nitrogens with one attached hydrogen (secondary N) is 1. The first-order chi connectivity index (χ1) is 8.58. The minimum atomic E-state index is -1.41. The number of rotatable bonds is 3. The first-order valence-electron chi connectivity index (χ1n) is 6.45. The Morgan fingerprint density at radius 2 is 1.94 bits per heavy atom. The van der Waals surface area contributed by atoms with Gasteiger partial charge in [0.25, 0.3) is 0 Å². The van der Waals surface area contributed by atoms with Crippen LogP contribution in [-0.4, -0.2) is 6.54 Å². The summed E-state index contributed by atoms with van der Waals surface area (Å²) in [6, 6.07) is 2.20. The number of hydrogen-bond acceptors (Lipinski definition) is 1. The smallest absolute Gasteiger partial charge is 0.196 e. The van der Waals surface area contributed by atoms with Crippen LogP contribution in [0.25, 0.3) is 0 Å². The Labute approximate surface area is 105 Å². The normalized spacial score (nSPS) is 24.0. The summed E-state index contributed by atoms with van der Waals surface area (Å²) in [5.41, 5.74) is 0.0483. The van der Waals surface area contributed by atoms with Gasteiger partial charge in [0.1, 0.15) is 0 Å². The topological polar surface area (TPSA) is 12.0 Å². The van der Waals surface area contributed by atoms with Crippen LogP contribution in [0.2, 0.25) is 0 Å². The zero-order valence-electron chi connectivity index (χ0n) is 10.5. The summed E-state index contributed by atoms with van der Waals surface area (Å²) in [5.74, 6) is -2.50. The summed E-state index contributed by atoms with van der Waals surface area (Å²) in [5, 5.41) is 2.89. The maximum atomic E-state index is 13.4. The summed E-state index contributed by atoms with van der Waals surface area (Å²) in [7, 11) is 0. The lowest BCUT2D eigenvalue weighted by molar-refractivity contribution is 0.293. The lowest BCUT2D eigenvalue weighted by atomic mass is 9.82. The highest BCUT2D eigenvalue weighted by Gasteiger charge is 2.19. The van der Waals surface area contributed by atoms with Crippen LogP contribution in [0.5, 0.6) is 0 Å². The molecule has 4 heteroatoms. The van der Waals surface area contributed by atoms with Crippen LogP contribution in [0.3, 0.4) is 0 Å². The van der Waals surface area contributed by atoms with E-state index >= 15 is 0 Å². The minimum absolute atomic E-state index is 0.0483. The average Bonchev–Trinajstić information content (AvgIpc) is 2.35. The molecular formula is C14H18F3N. The van der Waals surface area contributed by atoms with E-state index in [1.54, 1.807) is 0 Å². The second-order valence-electron chi connectivity index (χ2n) is 5.24. The molecule has 1 aromatic rings. The molecule has 0 spiro atoms. The molecule has 0 radical (unpaired) electrons. The summed E-state index contributed by atoms with van der Waals surface area (Å²) in [6.45, 7) is 2.83. The van der Waals surface area contributed by atoms with E-state index in [-0.39, 0.29) is 5.69 Å². The first-order valence-corrected chi connectivity index (χ1v) is 6.45. The molecule has 0 aromatic heterocycles. The lowest BCUT2D eigenvalue weighted by Gasteiger charge is -2.27. The molecule has 2 unspecified atom stereocenters. The number of hydrogen-bond donors (Lipinski definition) is 1. The summed E-state index contributed by atoms with van der Waals surface area (Å²) >= 11 is 0. The second kappa shape index (κ2) is 5.63. The molecule has 1 N–H and O–H groups in total. The largest absolute Gasteiger partial charge is 0.382 e. The van der Waals surface area contributed by atoms with E-state index in [2.05, 4.69) is 12.2 Å². The molecular weight excluding hydrogens is 239 g/mol. The van der Waals surface area contributed by atoms with E-state index in [1.165, 1.54) is 18.9 Å². The van der Waals surface area contributed by atoms with Gasteiger partial charge in [-0.15, -0.1) is 0 Å². The quantitative estimate of drug-likeness (QED) is 0.794. The third-order valence-electron chi connectivity index (χ3n) is 3.66. The SMILES string of the molecule is CC1CCCC(CNc2ccc(F)c(F)c2F)C1. The van der Waals surface area contributed by atoms with Crippen LogP contribution in [0, 0.1) is 29.3 Å². The fourth-order valence-corrected chi connectivity index (χ4v) is 2.66. The molecule has 2 atom stereocenters. The average molecular weight is 257 g/mol. The Balaban J connectivity index is 1.96. The molecule has 0 saturated heterocycles. The van der Waals surface area contributed by atoms with Crippen LogP contribution in [-0.2, 0) is 0 Å². The Morgan fingerprint density at radius 1 is 1.17 bits per heavy atom. The number of halogens is 3. The van der Waals surface area contributed by atoms with Crippen LogP contribution in [0.4, 0.5) is 18.9 Å². The molecule has 0 bridgehead atoms. The molecule has 1 aliphatic carbocycles.